The van der Waals surface area contributed by atoms with Gasteiger partial charge in [0, 0.05) is 19.6 Å². The van der Waals surface area contributed by atoms with E-state index in [-0.39, 0.29) is 0 Å². The van der Waals surface area contributed by atoms with E-state index in [1.807, 2.05) is 18.2 Å². The van der Waals surface area contributed by atoms with Gasteiger partial charge in [-0.05, 0) is 18.1 Å². The van der Waals surface area contributed by atoms with Crippen LogP contribution < -0.4 is 0 Å². The zero-order valence-corrected chi connectivity index (χ0v) is 14.4. The molecule has 1 N–H and O–H groups in total. The van der Waals surface area contributed by atoms with Crippen molar-refractivity contribution < 1.29 is 9.84 Å². The second-order valence-electron chi connectivity index (χ2n) is 6.12. The first-order valence-corrected chi connectivity index (χ1v) is 8.36. The van der Waals surface area contributed by atoms with Crippen molar-refractivity contribution in [2.24, 2.45) is 0 Å². The zero-order valence-electron chi connectivity index (χ0n) is 14.4. The number of aliphatic hydroxyl groups is 1. The van der Waals surface area contributed by atoms with Gasteiger partial charge >= 0.3 is 0 Å². The molecule has 0 saturated carbocycles. The number of nitrogens with zero attached hydrogens (tertiary/aromatic N) is 1. The molecular weight excluding hydrogens is 298 g/mol. The maximum Gasteiger partial charge on any atom is 0.0900 e. The van der Waals surface area contributed by atoms with E-state index in [2.05, 4.69) is 54.8 Å². The summed E-state index contributed by atoms with van der Waals surface area (Å²) >= 11 is 0. The molecule has 2 aromatic rings. The number of benzene rings is 2. The zero-order chi connectivity index (χ0) is 17.2. The first kappa shape index (κ1) is 18.4. The summed E-state index contributed by atoms with van der Waals surface area (Å²) in [6, 6.07) is 18.9. The van der Waals surface area contributed by atoms with E-state index in [1.54, 1.807) is 6.08 Å². The Morgan fingerprint density at radius 3 is 2.29 bits per heavy atom. The van der Waals surface area contributed by atoms with Gasteiger partial charge in [0.1, 0.15) is 0 Å². The molecule has 1 atom stereocenters. The quantitative estimate of drug-likeness (QED) is 0.535. The van der Waals surface area contributed by atoms with E-state index in [0.717, 1.165) is 13.1 Å². The first-order valence-electron chi connectivity index (χ1n) is 8.36. The Morgan fingerprint density at radius 2 is 1.67 bits per heavy atom. The molecule has 0 aliphatic carbocycles. The van der Waals surface area contributed by atoms with Gasteiger partial charge in [-0.25, -0.2) is 0 Å². The predicted molar refractivity (Wildman–Crippen MR) is 98.8 cm³/mol. The minimum absolute atomic E-state index is 0.325. The summed E-state index contributed by atoms with van der Waals surface area (Å²) < 4.78 is 5.37. The van der Waals surface area contributed by atoms with Crippen molar-refractivity contribution in [3.05, 3.63) is 83.9 Å². The molecule has 24 heavy (non-hydrogen) atoms. The Kier molecular flexibility index (Phi) is 7.69. The van der Waals surface area contributed by atoms with Crippen LogP contribution >= 0.6 is 0 Å². The summed E-state index contributed by atoms with van der Waals surface area (Å²) in [7, 11) is 0. The maximum atomic E-state index is 10.2. The lowest BCUT2D eigenvalue weighted by atomic mass is 10.1. The second-order valence-corrected chi connectivity index (χ2v) is 6.12. The van der Waals surface area contributed by atoms with Crippen LogP contribution in [0.5, 0.6) is 0 Å². The van der Waals surface area contributed by atoms with Gasteiger partial charge in [-0.15, -0.1) is 6.58 Å². The Bertz CT molecular complexity index is 595. The molecular formula is C21H27NO2. The lowest BCUT2D eigenvalue weighted by Crippen LogP contribution is -2.34. The first-order chi connectivity index (χ1) is 11.7. The third kappa shape index (κ3) is 6.67. The number of aliphatic hydroxyl groups excluding tert-OH is 1. The summed E-state index contributed by atoms with van der Waals surface area (Å²) in [5.41, 5.74) is 3.74. The predicted octanol–water partition coefficient (Wildman–Crippen LogP) is 3.56. The second kappa shape index (κ2) is 10.0. The summed E-state index contributed by atoms with van der Waals surface area (Å²) in [5, 5.41) is 10.2. The molecule has 1 unspecified atom stereocenters. The summed E-state index contributed by atoms with van der Waals surface area (Å²) in [6.45, 7) is 8.67. The molecule has 2 aromatic carbocycles. The maximum absolute atomic E-state index is 10.2. The summed E-state index contributed by atoms with van der Waals surface area (Å²) in [4.78, 5) is 2.25. The van der Waals surface area contributed by atoms with Gasteiger partial charge in [-0.1, -0.05) is 66.2 Å². The van der Waals surface area contributed by atoms with Gasteiger partial charge in [0.15, 0.2) is 0 Å². The molecule has 128 valence electrons. The Labute approximate surface area is 145 Å². The average molecular weight is 325 g/mol. The van der Waals surface area contributed by atoms with Crippen molar-refractivity contribution in [1.82, 2.24) is 4.90 Å². The Hall–Kier alpha value is -1.94. The standard InChI is InChI=1S/C21H27NO2/c1-3-13-24-17-21(23)16-22(14-19-7-5-4-6-8-19)15-20-11-9-18(2)10-12-20/h3-12,21,23H,1,13-17H2,2H3. The number of aryl methyl sites for hydroxylation is 1. The van der Waals surface area contributed by atoms with Gasteiger partial charge < -0.3 is 9.84 Å². The van der Waals surface area contributed by atoms with Gasteiger partial charge in [-0.3, -0.25) is 4.90 Å². The van der Waals surface area contributed by atoms with Crippen LogP contribution in [0.2, 0.25) is 0 Å². The van der Waals surface area contributed by atoms with Gasteiger partial charge in [-0.2, -0.15) is 0 Å². The molecule has 0 amide bonds. The highest BCUT2D eigenvalue weighted by Crippen LogP contribution is 2.12. The monoisotopic (exact) mass is 325 g/mol. The van der Waals surface area contributed by atoms with E-state index in [4.69, 9.17) is 4.74 Å². The normalized spacial score (nSPS) is 12.3. The number of hydrogen-bond acceptors (Lipinski definition) is 3. The summed E-state index contributed by atoms with van der Waals surface area (Å²) in [5.74, 6) is 0. The molecule has 0 bridgehead atoms. The number of ether oxygens (including phenoxy) is 1. The molecule has 0 fully saturated rings. The van der Waals surface area contributed by atoms with Crippen molar-refractivity contribution in [3.63, 3.8) is 0 Å². The largest absolute Gasteiger partial charge is 0.389 e. The van der Waals surface area contributed by atoms with Crippen LogP contribution in [0.4, 0.5) is 0 Å². The average Bonchev–Trinajstić information content (AvgIpc) is 2.58. The Morgan fingerprint density at radius 1 is 1.04 bits per heavy atom. The fraction of sp³-hybridized carbons (Fsp3) is 0.333. The van der Waals surface area contributed by atoms with Crippen LogP contribution in [0.25, 0.3) is 0 Å². The molecule has 0 aromatic heterocycles. The van der Waals surface area contributed by atoms with Crippen molar-refractivity contribution >= 4 is 0 Å². The molecule has 0 saturated heterocycles. The smallest absolute Gasteiger partial charge is 0.0900 e. The SMILES string of the molecule is C=CCOCC(O)CN(Cc1ccccc1)Cc1ccc(C)cc1. The minimum atomic E-state index is -0.515. The van der Waals surface area contributed by atoms with E-state index in [0.29, 0.717) is 19.8 Å². The highest BCUT2D eigenvalue weighted by atomic mass is 16.5. The van der Waals surface area contributed by atoms with Crippen LogP contribution in [-0.2, 0) is 17.8 Å². The minimum Gasteiger partial charge on any atom is -0.389 e. The molecule has 0 radical (unpaired) electrons. The van der Waals surface area contributed by atoms with Crippen molar-refractivity contribution in [2.45, 2.75) is 26.1 Å². The molecule has 0 aliphatic rings. The lowest BCUT2D eigenvalue weighted by Gasteiger charge is -2.25. The van der Waals surface area contributed by atoms with Crippen LogP contribution in [-0.4, -0.2) is 35.9 Å². The Balaban J connectivity index is 1.99. The fourth-order valence-electron chi connectivity index (χ4n) is 2.62. The topological polar surface area (TPSA) is 32.7 Å². The van der Waals surface area contributed by atoms with Crippen LogP contribution in [0, 0.1) is 6.92 Å². The van der Waals surface area contributed by atoms with E-state index < -0.39 is 6.10 Å². The van der Waals surface area contributed by atoms with Crippen LogP contribution in [0.15, 0.2) is 67.3 Å². The van der Waals surface area contributed by atoms with Crippen molar-refractivity contribution in [1.29, 1.82) is 0 Å². The van der Waals surface area contributed by atoms with Crippen LogP contribution in [0.1, 0.15) is 16.7 Å². The lowest BCUT2D eigenvalue weighted by molar-refractivity contribution is 0.0228. The fourth-order valence-corrected chi connectivity index (χ4v) is 2.62. The number of rotatable bonds is 10. The van der Waals surface area contributed by atoms with Crippen molar-refractivity contribution in [2.75, 3.05) is 19.8 Å². The van der Waals surface area contributed by atoms with Gasteiger partial charge in [0.2, 0.25) is 0 Å². The third-order valence-corrected chi connectivity index (χ3v) is 3.79. The molecule has 3 heteroatoms. The van der Waals surface area contributed by atoms with E-state index in [1.165, 1.54) is 16.7 Å². The summed E-state index contributed by atoms with van der Waals surface area (Å²) in [6.07, 6.45) is 1.18. The van der Waals surface area contributed by atoms with Crippen LogP contribution in [0.3, 0.4) is 0 Å². The molecule has 3 nitrogen and oxygen atoms in total. The third-order valence-electron chi connectivity index (χ3n) is 3.79. The molecule has 0 heterocycles. The number of hydrogen-bond donors (Lipinski definition) is 1. The molecule has 2 rings (SSSR count). The highest BCUT2D eigenvalue weighted by molar-refractivity contribution is 5.21. The van der Waals surface area contributed by atoms with E-state index >= 15 is 0 Å². The molecule has 0 aliphatic heterocycles. The molecule has 0 spiro atoms. The highest BCUT2D eigenvalue weighted by Gasteiger charge is 2.13. The van der Waals surface area contributed by atoms with Crippen molar-refractivity contribution in [3.8, 4) is 0 Å². The van der Waals surface area contributed by atoms with Gasteiger partial charge in [0.05, 0.1) is 19.3 Å². The van der Waals surface area contributed by atoms with E-state index in [9.17, 15) is 5.11 Å². The van der Waals surface area contributed by atoms with Gasteiger partial charge in [0.25, 0.3) is 0 Å².